The minimum atomic E-state index is -3.52. The summed E-state index contributed by atoms with van der Waals surface area (Å²) in [5, 5.41) is 0. The van der Waals surface area contributed by atoms with Crippen LogP contribution in [0.15, 0.2) is 39.6 Å². The molecule has 0 atom stereocenters. The van der Waals surface area contributed by atoms with Crippen LogP contribution in [0.25, 0.3) is 0 Å². The molecule has 2 aromatic rings. The predicted molar refractivity (Wildman–Crippen MR) is 96.6 cm³/mol. The largest absolute Gasteiger partial charge is 0.456 e. The molecule has 2 heterocycles. The van der Waals surface area contributed by atoms with Gasteiger partial charge in [-0.3, -0.25) is 4.79 Å². The van der Waals surface area contributed by atoms with Crippen molar-refractivity contribution >= 4 is 15.9 Å². The maximum absolute atomic E-state index is 12.9. The van der Waals surface area contributed by atoms with Crippen LogP contribution in [-0.4, -0.2) is 49.7 Å². The number of sulfonamides is 1. The van der Waals surface area contributed by atoms with E-state index in [4.69, 9.17) is 4.42 Å². The minimum absolute atomic E-state index is 0.187. The Morgan fingerprint density at radius 3 is 2.42 bits per heavy atom. The zero-order valence-corrected chi connectivity index (χ0v) is 15.6. The number of piperazine rings is 1. The molecule has 2 aliphatic rings. The molecule has 0 unspecified atom stereocenters. The Hall–Kier alpha value is -2.12. The number of carbonyl (C=O) groups excluding carboxylic acids is 1. The van der Waals surface area contributed by atoms with Crippen molar-refractivity contribution in [2.75, 3.05) is 26.2 Å². The number of amides is 1. The van der Waals surface area contributed by atoms with Crippen LogP contribution in [0.5, 0.6) is 0 Å². The summed E-state index contributed by atoms with van der Waals surface area (Å²) < 4.78 is 32.7. The molecular formula is C19H22N2O4S. The van der Waals surface area contributed by atoms with Crippen LogP contribution in [0, 0.1) is 6.92 Å². The van der Waals surface area contributed by atoms with E-state index in [0.29, 0.717) is 42.6 Å². The van der Waals surface area contributed by atoms with Crippen molar-refractivity contribution in [1.82, 2.24) is 9.21 Å². The fourth-order valence-corrected chi connectivity index (χ4v) is 5.17. The van der Waals surface area contributed by atoms with Gasteiger partial charge in [-0.2, -0.15) is 4.31 Å². The minimum Gasteiger partial charge on any atom is -0.456 e. The van der Waals surface area contributed by atoms with Gasteiger partial charge in [-0.05, 0) is 61.6 Å². The number of nitrogens with zero attached hydrogens (tertiary/aromatic N) is 2. The highest BCUT2D eigenvalue weighted by Gasteiger charge is 2.31. The van der Waals surface area contributed by atoms with E-state index in [9.17, 15) is 13.2 Å². The van der Waals surface area contributed by atoms with Crippen LogP contribution < -0.4 is 0 Å². The first-order valence-corrected chi connectivity index (χ1v) is 10.4. The summed E-state index contributed by atoms with van der Waals surface area (Å²) in [7, 11) is -3.52. The number of fused-ring (bicyclic) bond motifs is 1. The number of furan rings is 1. The van der Waals surface area contributed by atoms with Crippen LogP contribution >= 0.6 is 0 Å². The fourth-order valence-electron chi connectivity index (χ4n) is 3.69. The van der Waals surface area contributed by atoms with Gasteiger partial charge in [-0.15, -0.1) is 0 Å². The van der Waals surface area contributed by atoms with Gasteiger partial charge in [0, 0.05) is 26.2 Å². The maximum Gasteiger partial charge on any atom is 0.289 e. The quantitative estimate of drug-likeness (QED) is 0.826. The van der Waals surface area contributed by atoms with Crippen LogP contribution in [0.1, 0.15) is 33.9 Å². The van der Waals surface area contributed by atoms with Gasteiger partial charge in [0.25, 0.3) is 5.91 Å². The molecule has 138 valence electrons. The second-order valence-electron chi connectivity index (χ2n) is 6.89. The normalized spacial score (nSPS) is 18.1. The number of aryl methyl sites for hydroxylation is 3. The van der Waals surface area contributed by atoms with Crippen molar-refractivity contribution in [3.8, 4) is 0 Å². The van der Waals surface area contributed by atoms with Crippen molar-refractivity contribution in [2.45, 2.75) is 31.1 Å². The molecule has 0 spiro atoms. The lowest BCUT2D eigenvalue weighted by Gasteiger charge is -2.33. The molecule has 0 saturated carbocycles. The fraction of sp³-hybridized carbons (Fsp3) is 0.421. The van der Waals surface area contributed by atoms with Gasteiger partial charge in [-0.25, -0.2) is 8.42 Å². The molecule has 1 aromatic carbocycles. The van der Waals surface area contributed by atoms with Gasteiger partial charge in [0.15, 0.2) is 5.76 Å². The van der Waals surface area contributed by atoms with Crippen LogP contribution in [0.4, 0.5) is 0 Å². The topological polar surface area (TPSA) is 70.8 Å². The lowest BCUT2D eigenvalue weighted by atomic mass is 10.1. The third-order valence-corrected chi connectivity index (χ3v) is 7.08. The zero-order chi connectivity index (χ0) is 18.3. The van der Waals surface area contributed by atoms with E-state index in [1.165, 1.54) is 9.87 Å². The predicted octanol–water partition coefficient (Wildman–Crippen LogP) is 2.22. The number of rotatable bonds is 3. The van der Waals surface area contributed by atoms with Gasteiger partial charge in [0.1, 0.15) is 5.76 Å². The molecule has 1 aliphatic carbocycles. The van der Waals surface area contributed by atoms with Crippen LogP contribution in [-0.2, 0) is 22.9 Å². The number of benzene rings is 1. The summed E-state index contributed by atoms with van der Waals surface area (Å²) in [5.41, 5.74) is 2.40. The van der Waals surface area contributed by atoms with Crippen molar-refractivity contribution in [2.24, 2.45) is 0 Å². The molecular weight excluding hydrogens is 352 g/mol. The molecule has 1 amide bonds. The molecule has 6 nitrogen and oxygen atoms in total. The third kappa shape index (κ3) is 3.05. The Kier molecular flexibility index (Phi) is 4.36. The third-order valence-electron chi connectivity index (χ3n) is 5.18. The SMILES string of the molecule is Cc1ccc(C(=O)N2CCN(S(=O)(=O)c3ccc4c(c3)CCC4)CC2)o1. The average Bonchev–Trinajstić information content (AvgIpc) is 3.29. The first kappa shape index (κ1) is 17.3. The Morgan fingerprint density at radius 1 is 1.00 bits per heavy atom. The standard InChI is InChI=1S/C19H22N2O4S/c1-14-5-8-18(25-14)19(22)20-9-11-21(12-10-20)26(23,24)17-7-6-15-3-2-4-16(15)13-17/h5-8,13H,2-4,9-12H2,1H3. The molecule has 1 aromatic heterocycles. The molecule has 26 heavy (non-hydrogen) atoms. The summed E-state index contributed by atoms with van der Waals surface area (Å²) >= 11 is 0. The summed E-state index contributed by atoms with van der Waals surface area (Å²) in [6.45, 7) is 3.11. The first-order valence-electron chi connectivity index (χ1n) is 8.93. The van der Waals surface area contributed by atoms with E-state index in [-0.39, 0.29) is 5.91 Å². The average molecular weight is 374 g/mol. The maximum atomic E-state index is 12.9. The number of carbonyl (C=O) groups is 1. The highest BCUT2D eigenvalue weighted by Crippen LogP contribution is 2.27. The second kappa shape index (κ2) is 6.55. The second-order valence-corrected chi connectivity index (χ2v) is 8.83. The first-order chi connectivity index (χ1) is 12.4. The molecule has 1 saturated heterocycles. The molecule has 0 bridgehead atoms. The molecule has 7 heteroatoms. The van der Waals surface area contributed by atoms with Gasteiger partial charge in [-0.1, -0.05) is 6.07 Å². The molecule has 4 rings (SSSR count). The van der Waals surface area contributed by atoms with Crippen LogP contribution in [0.3, 0.4) is 0 Å². The van der Waals surface area contributed by atoms with E-state index in [2.05, 4.69) is 0 Å². The Bertz CT molecular complexity index is 940. The van der Waals surface area contributed by atoms with Crippen LogP contribution in [0.2, 0.25) is 0 Å². The van der Waals surface area contributed by atoms with E-state index in [1.807, 2.05) is 12.1 Å². The van der Waals surface area contributed by atoms with Gasteiger partial charge >= 0.3 is 0 Å². The highest BCUT2D eigenvalue weighted by atomic mass is 32.2. The highest BCUT2D eigenvalue weighted by molar-refractivity contribution is 7.89. The van der Waals surface area contributed by atoms with E-state index >= 15 is 0 Å². The Morgan fingerprint density at radius 2 is 1.73 bits per heavy atom. The zero-order valence-electron chi connectivity index (χ0n) is 14.8. The van der Waals surface area contributed by atoms with Gasteiger partial charge in [0.05, 0.1) is 4.90 Å². The summed E-state index contributed by atoms with van der Waals surface area (Å²) in [4.78, 5) is 14.4. The Balaban J connectivity index is 1.46. The van der Waals surface area contributed by atoms with Crippen molar-refractivity contribution in [3.05, 3.63) is 53.0 Å². The number of hydrogen-bond acceptors (Lipinski definition) is 4. The van der Waals surface area contributed by atoms with E-state index in [1.54, 1.807) is 30.0 Å². The smallest absolute Gasteiger partial charge is 0.289 e. The monoisotopic (exact) mass is 374 g/mol. The van der Waals surface area contributed by atoms with E-state index < -0.39 is 10.0 Å². The summed E-state index contributed by atoms with van der Waals surface area (Å²) in [6, 6.07) is 8.88. The summed E-state index contributed by atoms with van der Waals surface area (Å²) in [6.07, 6.45) is 3.07. The molecule has 0 N–H and O–H groups in total. The van der Waals surface area contributed by atoms with E-state index in [0.717, 1.165) is 24.8 Å². The molecule has 0 radical (unpaired) electrons. The van der Waals surface area contributed by atoms with Crippen molar-refractivity contribution in [3.63, 3.8) is 0 Å². The Labute approximate surface area is 153 Å². The summed E-state index contributed by atoms with van der Waals surface area (Å²) in [5.74, 6) is 0.802. The molecule has 1 fully saturated rings. The van der Waals surface area contributed by atoms with Crippen molar-refractivity contribution < 1.29 is 17.6 Å². The van der Waals surface area contributed by atoms with Gasteiger partial charge < -0.3 is 9.32 Å². The van der Waals surface area contributed by atoms with Crippen molar-refractivity contribution in [1.29, 1.82) is 0 Å². The number of hydrogen-bond donors (Lipinski definition) is 0. The lowest BCUT2D eigenvalue weighted by molar-refractivity contribution is 0.0664. The lowest BCUT2D eigenvalue weighted by Crippen LogP contribution is -2.50. The van der Waals surface area contributed by atoms with Gasteiger partial charge in [0.2, 0.25) is 10.0 Å². The molecule has 1 aliphatic heterocycles.